The molecule has 1 aliphatic rings. The van der Waals surface area contributed by atoms with Gasteiger partial charge in [0.1, 0.15) is 6.61 Å². The molecule has 1 heterocycles. The third-order valence-electron chi connectivity index (χ3n) is 2.41. The SMILES string of the molecule is CN(C(=O)CCOCC(F)F)C1CNC1.Cl. The fraction of sp³-hybridized carbons (Fsp3) is 0.889. The zero-order valence-electron chi connectivity index (χ0n) is 9.12. The van der Waals surface area contributed by atoms with Crippen LogP contribution in [-0.4, -0.2) is 56.6 Å². The standard InChI is InChI=1S/C9H16F2N2O2.ClH/c1-13(7-4-12-5-7)9(14)2-3-15-6-8(10)11;/h7-8,12H,2-6H2,1H3;1H. The van der Waals surface area contributed by atoms with Crippen molar-refractivity contribution < 1.29 is 18.3 Å². The Morgan fingerprint density at radius 3 is 2.62 bits per heavy atom. The zero-order valence-corrected chi connectivity index (χ0v) is 9.93. The summed E-state index contributed by atoms with van der Waals surface area (Å²) in [5.74, 6) is -0.0595. The van der Waals surface area contributed by atoms with Crippen LogP contribution in [0.15, 0.2) is 0 Å². The molecule has 0 bridgehead atoms. The van der Waals surface area contributed by atoms with Gasteiger partial charge in [0.05, 0.1) is 19.1 Å². The van der Waals surface area contributed by atoms with Crippen molar-refractivity contribution in [1.29, 1.82) is 0 Å². The molecule has 1 fully saturated rings. The lowest BCUT2D eigenvalue weighted by molar-refractivity contribution is -0.134. The van der Waals surface area contributed by atoms with Crippen LogP contribution in [0.5, 0.6) is 0 Å². The molecule has 0 aromatic carbocycles. The van der Waals surface area contributed by atoms with Gasteiger partial charge in [-0.1, -0.05) is 0 Å². The second-order valence-electron chi connectivity index (χ2n) is 3.53. The van der Waals surface area contributed by atoms with Crippen molar-refractivity contribution >= 4 is 18.3 Å². The van der Waals surface area contributed by atoms with Gasteiger partial charge in [0.15, 0.2) is 0 Å². The van der Waals surface area contributed by atoms with E-state index in [0.29, 0.717) is 0 Å². The lowest BCUT2D eigenvalue weighted by atomic mass is 10.1. The van der Waals surface area contributed by atoms with Crippen molar-refractivity contribution in [3.05, 3.63) is 0 Å². The summed E-state index contributed by atoms with van der Waals surface area (Å²) in [5.41, 5.74) is 0. The summed E-state index contributed by atoms with van der Waals surface area (Å²) in [6.07, 6.45) is -2.30. The number of carbonyl (C=O) groups excluding carboxylic acids is 1. The maximum atomic E-state index is 11.7. The normalized spacial score (nSPS) is 15.5. The van der Waals surface area contributed by atoms with Gasteiger partial charge in [0.2, 0.25) is 5.91 Å². The summed E-state index contributed by atoms with van der Waals surface area (Å²) in [7, 11) is 1.72. The van der Waals surface area contributed by atoms with Crippen molar-refractivity contribution in [2.75, 3.05) is 33.4 Å². The summed E-state index contributed by atoms with van der Waals surface area (Å²) < 4.78 is 28.0. The van der Waals surface area contributed by atoms with E-state index in [1.807, 2.05) is 0 Å². The number of alkyl halides is 2. The first-order valence-corrected chi connectivity index (χ1v) is 4.93. The first kappa shape index (κ1) is 15.5. The number of hydrogen-bond donors (Lipinski definition) is 1. The van der Waals surface area contributed by atoms with Crippen LogP contribution in [-0.2, 0) is 9.53 Å². The fourth-order valence-electron chi connectivity index (χ4n) is 1.26. The average molecular weight is 259 g/mol. The van der Waals surface area contributed by atoms with Crippen LogP contribution in [0.3, 0.4) is 0 Å². The molecule has 0 saturated carbocycles. The monoisotopic (exact) mass is 258 g/mol. The van der Waals surface area contributed by atoms with Gasteiger partial charge in [0, 0.05) is 20.1 Å². The number of amides is 1. The molecule has 0 aromatic heterocycles. The fourth-order valence-corrected chi connectivity index (χ4v) is 1.26. The van der Waals surface area contributed by atoms with E-state index < -0.39 is 13.0 Å². The van der Waals surface area contributed by atoms with E-state index in [-0.39, 0.29) is 37.4 Å². The average Bonchev–Trinajstić information content (AvgIpc) is 2.08. The van der Waals surface area contributed by atoms with Gasteiger partial charge in [-0.15, -0.1) is 12.4 Å². The molecule has 1 saturated heterocycles. The Balaban J connectivity index is 0.00000225. The van der Waals surface area contributed by atoms with Gasteiger partial charge < -0.3 is 15.0 Å². The van der Waals surface area contributed by atoms with Crippen molar-refractivity contribution in [2.45, 2.75) is 18.9 Å². The van der Waals surface area contributed by atoms with Gasteiger partial charge in [-0.3, -0.25) is 4.79 Å². The van der Waals surface area contributed by atoms with Crippen LogP contribution in [0.25, 0.3) is 0 Å². The van der Waals surface area contributed by atoms with Crippen LogP contribution in [0, 0.1) is 0 Å². The molecule has 0 atom stereocenters. The summed E-state index contributed by atoms with van der Waals surface area (Å²) in [6, 6.07) is 0.243. The van der Waals surface area contributed by atoms with Crippen LogP contribution >= 0.6 is 12.4 Å². The van der Waals surface area contributed by atoms with Crippen molar-refractivity contribution in [1.82, 2.24) is 10.2 Å². The van der Waals surface area contributed by atoms with E-state index in [0.717, 1.165) is 13.1 Å². The predicted octanol–water partition coefficient (Wildman–Crippen LogP) is 0.510. The Hall–Kier alpha value is -0.460. The van der Waals surface area contributed by atoms with Crippen LogP contribution in [0.2, 0.25) is 0 Å². The number of ether oxygens (including phenoxy) is 1. The van der Waals surface area contributed by atoms with Crippen LogP contribution in [0.4, 0.5) is 8.78 Å². The molecule has 96 valence electrons. The quantitative estimate of drug-likeness (QED) is 0.706. The largest absolute Gasteiger partial charge is 0.375 e. The molecule has 0 aromatic rings. The predicted molar refractivity (Wildman–Crippen MR) is 58.1 cm³/mol. The first-order valence-electron chi connectivity index (χ1n) is 4.93. The van der Waals surface area contributed by atoms with E-state index >= 15 is 0 Å². The number of hydrogen-bond acceptors (Lipinski definition) is 3. The summed E-state index contributed by atoms with van der Waals surface area (Å²) in [4.78, 5) is 13.1. The highest BCUT2D eigenvalue weighted by molar-refractivity contribution is 5.85. The van der Waals surface area contributed by atoms with Crippen molar-refractivity contribution in [3.63, 3.8) is 0 Å². The van der Waals surface area contributed by atoms with E-state index in [4.69, 9.17) is 0 Å². The number of rotatable bonds is 6. The number of nitrogens with zero attached hydrogens (tertiary/aromatic N) is 1. The number of carbonyl (C=O) groups is 1. The zero-order chi connectivity index (χ0) is 11.3. The molecular formula is C9H17ClF2N2O2. The van der Waals surface area contributed by atoms with Gasteiger partial charge in [-0.2, -0.15) is 0 Å². The third-order valence-corrected chi connectivity index (χ3v) is 2.41. The van der Waals surface area contributed by atoms with Gasteiger partial charge in [-0.25, -0.2) is 8.78 Å². The molecule has 4 nitrogen and oxygen atoms in total. The summed E-state index contributed by atoms with van der Waals surface area (Å²) in [5, 5.41) is 3.05. The summed E-state index contributed by atoms with van der Waals surface area (Å²) in [6.45, 7) is 1.08. The lowest BCUT2D eigenvalue weighted by Gasteiger charge is -2.35. The molecule has 16 heavy (non-hydrogen) atoms. The minimum absolute atomic E-state index is 0. The van der Waals surface area contributed by atoms with Crippen molar-refractivity contribution in [2.24, 2.45) is 0 Å². The second-order valence-corrected chi connectivity index (χ2v) is 3.53. The maximum absolute atomic E-state index is 11.7. The Morgan fingerprint density at radius 1 is 1.56 bits per heavy atom. The molecule has 0 unspecified atom stereocenters. The molecule has 0 radical (unpaired) electrons. The first-order chi connectivity index (χ1) is 7.11. The highest BCUT2D eigenvalue weighted by Gasteiger charge is 2.24. The van der Waals surface area contributed by atoms with E-state index in [2.05, 4.69) is 10.1 Å². The van der Waals surface area contributed by atoms with Gasteiger partial charge >= 0.3 is 0 Å². The third kappa shape index (κ3) is 5.05. The van der Waals surface area contributed by atoms with Gasteiger partial charge in [0.25, 0.3) is 6.43 Å². The molecule has 1 N–H and O–H groups in total. The number of nitrogens with one attached hydrogen (secondary N) is 1. The Bertz CT molecular complexity index is 216. The van der Waals surface area contributed by atoms with Crippen LogP contribution in [0.1, 0.15) is 6.42 Å². The molecule has 1 rings (SSSR count). The van der Waals surface area contributed by atoms with Gasteiger partial charge in [-0.05, 0) is 0 Å². The molecule has 1 amide bonds. The maximum Gasteiger partial charge on any atom is 0.261 e. The Labute approximate surface area is 99.7 Å². The molecule has 0 spiro atoms. The Kier molecular flexibility index (Phi) is 7.53. The van der Waals surface area contributed by atoms with E-state index in [1.54, 1.807) is 11.9 Å². The number of halogens is 3. The summed E-state index contributed by atoms with van der Waals surface area (Å²) >= 11 is 0. The molecule has 7 heteroatoms. The molecular weight excluding hydrogens is 242 g/mol. The van der Waals surface area contributed by atoms with E-state index in [1.165, 1.54) is 0 Å². The topological polar surface area (TPSA) is 41.6 Å². The van der Waals surface area contributed by atoms with E-state index in [9.17, 15) is 13.6 Å². The lowest BCUT2D eigenvalue weighted by Crippen LogP contribution is -2.57. The smallest absolute Gasteiger partial charge is 0.261 e. The minimum Gasteiger partial charge on any atom is -0.375 e. The second kappa shape index (κ2) is 7.76. The molecule has 0 aliphatic carbocycles. The molecule has 1 aliphatic heterocycles. The minimum atomic E-state index is -2.46. The van der Waals surface area contributed by atoms with Crippen LogP contribution < -0.4 is 5.32 Å². The highest BCUT2D eigenvalue weighted by Crippen LogP contribution is 2.04. The van der Waals surface area contributed by atoms with Crippen molar-refractivity contribution in [3.8, 4) is 0 Å². The highest BCUT2D eigenvalue weighted by atomic mass is 35.5. The Morgan fingerprint density at radius 2 is 2.19 bits per heavy atom. The number of likely N-dealkylation sites (N-methyl/N-ethyl adjacent to an activating group) is 1.